The Labute approximate surface area is 178 Å². The second-order valence-corrected chi connectivity index (χ2v) is 7.35. The summed E-state index contributed by atoms with van der Waals surface area (Å²) in [5.74, 6) is 1.00. The minimum Gasteiger partial charge on any atom is -0.493 e. The number of hydrogen-bond donors (Lipinski definition) is 2. The highest BCUT2D eigenvalue weighted by atomic mass is 16.5. The van der Waals surface area contributed by atoms with E-state index < -0.39 is 0 Å². The number of piperazine rings is 1. The number of hydrogen-bond acceptors (Lipinski definition) is 8. The number of aryl methyl sites for hydroxylation is 1. The van der Waals surface area contributed by atoms with Crippen molar-refractivity contribution in [1.82, 2.24) is 29.7 Å². The van der Waals surface area contributed by atoms with Crippen LogP contribution >= 0.6 is 0 Å². The molecule has 158 valence electrons. The van der Waals surface area contributed by atoms with Gasteiger partial charge in [0.1, 0.15) is 11.0 Å². The van der Waals surface area contributed by atoms with Crippen molar-refractivity contribution >= 4 is 34.1 Å². The number of carbonyl (C=O) groups is 1. The van der Waals surface area contributed by atoms with Crippen LogP contribution in [0.25, 0.3) is 16.7 Å². The summed E-state index contributed by atoms with van der Waals surface area (Å²) in [7, 11) is 1.58. The number of amides is 1. The molecule has 0 aliphatic carbocycles. The van der Waals surface area contributed by atoms with Gasteiger partial charge in [-0.1, -0.05) is 0 Å². The molecule has 2 N–H and O–H groups in total. The molecule has 4 aromatic rings. The molecule has 10 heteroatoms. The van der Waals surface area contributed by atoms with Crippen molar-refractivity contribution in [2.75, 3.05) is 43.5 Å². The maximum absolute atomic E-state index is 13.1. The number of imidazole rings is 1. The third-order valence-electron chi connectivity index (χ3n) is 5.26. The minimum atomic E-state index is -0.317. The van der Waals surface area contributed by atoms with E-state index in [1.807, 2.05) is 17.5 Å². The van der Waals surface area contributed by atoms with Crippen LogP contribution in [0.3, 0.4) is 0 Å². The van der Waals surface area contributed by atoms with Crippen molar-refractivity contribution in [3.8, 4) is 5.75 Å². The summed E-state index contributed by atoms with van der Waals surface area (Å²) < 4.78 is 7.27. The van der Waals surface area contributed by atoms with Crippen molar-refractivity contribution in [2.24, 2.45) is 0 Å². The lowest BCUT2D eigenvalue weighted by Crippen LogP contribution is -2.44. The first-order valence-electron chi connectivity index (χ1n) is 10.0. The SMILES string of the molecule is COc1cc(NC(=O)c2cnc(N3CCNCC3)c3nccnc23)cn2cc(C)nc12. The van der Waals surface area contributed by atoms with Gasteiger partial charge in [-0.25, -0.2) is 15.0 Å². The highest BCUT2D eigenvalue weighted by Gasteiger charge is 2.21. The Morgan fingerprint density at radius 3 is 2.68 bits per heavy atom. The van der Waals surface area contributed by atoms with Crippen molar-refractivity contribution in [3.63, 3.8) is 0 Å². The molecule has 4 aromatic heterocycles. The number of carbonyl (C=O) groups excluding carboxylic acids is 1. The molecule has 0 radical (unpaired) electrons. The van der Waals surface area contributed by atoms with E-state index >= 15 is 0 Å². The molecule has 0 aromatic carbocycles. The first-order valence-corrected chi connectivity index (χ1v) is 10.0. The molecule has 31 heavy (non-hydrogen) atoms. The molecule has 1 aliphatic rings. The summed E-state index contributed by atoms with van der Waals surface area (Å²) in [5, 5.41) is 6.25. The van der Waals surface area contributed by atoms with Crippen LogP contribution in [0.2, 0.25) is 0 Å². The number of rotatable bonds is 4. The predicted molar refractivity (Wildman–Crippen MR) is 117 cm³/mol. The Morgan fingerprint density at radius 2 is 1.90 bits per heavy atom. The lowest BCUT2D eigenvalue weighted by Gasteiger charge is -2.28. The first-order chi connectivity index (χ1) is 15.1. The largest absolute Gasteiger partial charge is 0.493 e. The Bertz CT molecular complexity index is 1280. The molecular formula is C21H22N8O2. The van der Waals surface area contributed by atoms with Gasteiger partial charge in [0.25, 0.3) is 5.91 Å². The van der Waals surface area contributed by atoms with Gasteiger partial charge in [-0.2, -0.15) is 0 Å². The van der Waals surface area contributed by atoms with Crippen molar-refractivity contribution < 1.29 is 9.53 Å². The molecular weight excluding hydrogens is 396 g/mol. The van der Waals surface area contributed by atoms with Crippen LogP contribution in [0.1, 0.15) is 16.1 Å². The fraction of sp³-hybridized carbons (Fsp3) is 0.286. The average Bonchev–Trinajstić information content (AvgIpc) is 3.18. The lowest BCUT2D eigenvalue weighted by atomic mass is 10.2. The first kappa shape index (κ1) is 19.2. The summed E-state index contributed by atoms with van der Waals surface area (Å²) >= 11 is 0. The minimum absolute atomic E-state index is 0.317. The number of aromatic nitrogens is 5. The Morgan fingerprint density at radius 1 is 1.13 bits per heavy atom. The Hall–Kier alpha value is -3.79. The third-order valence-corrected chi connectivity index (χ3v) is 5.26. The van der Waals surface area contributed by atoms with E-state index in [4.69, 9.17) is 4.74 Å². The van der Waals surface area contributed by atoms with Gasteiger partial charge in [0.05, 0.1) is 24.1 Å². The smallest absolute Gasteiger partial charge is 0.259 e. The molecule has 1 fully saturated rings. The van der Waals surface area contributed by atoms with Crippen LogP contribution in [-0.4, -0.2) is 63.5 Å². The van der Waals surface area contributed by atoms with E-state index in [9.17, 15) is 4.79 Å². The molecule has 10 nitrogen and oxygen atoms in total. The highest BCUT2D eigenvalue weighted by molar-refractivity contribution is 6.12. The second-order valence-electron chi connectivity index (χ2n) is 7.35. The Balaban J connectivity index is 1.51. The van der Waals surface area contributed by atoms with Crippen LogP contribution in [0.15, 0.2) is 37.1 Å². The van der Waals surface area contributed by atoms with E-state index in [1.165, 1.54) is 0 Å². The number of fused-ring (bicyclic) bond motifs is 2. The number of anilines is 2. The fourth-order valence-corrected chi connectivity index (χ4v) is 3.83. The van der Waals surface area contributed by atoms with E-state index in [0.29, 0.717) is 33.7 Å². The van der Waals surface area contributed by atoms with Gasteiger partial charge in [0.2, 0.25) is 0 Å². The van der Waals surface area contributed by atoms with Gasteiger partial charge in [0.15, 0.2) is 17.2 Å². The zero-order valence-electron chi connectivity index (χ0n) is 17.3. The van der Waals surface area contributed by atoms with E-state index in [2.05, 4.69) is 35.5 Å². The van der Waals surface area contributed by atoms with Crippen LogP contribution in [0.4, 0.5) is 11.5 Å². The maximum atomic E-state index is 13.1. The van der Waals surface area contributed by atoms with Gasteiger partial charge in [-0.3, -0.25) is 9.78 Å². The molecule has 0 atom stereocenters. The number of pyridine rings is 2. The Kier molecular flexibility index (Phi) is 4.83. The molecule has 0 bridgehead atoms. The van der Waals surface area contributed by atoms with Crippen molar-refractivity contribution in [3.05, 3.63) is 48.3 Å². The van der Waals surface area contributed by atoms with Crippen LogP contribution in [-0.2, 0) is 0 Å². The second kappa shape index (κ2) is 7.80. The van der Waals surface area contributed by atoms with Gasteiger partial charge in [0, 0.05) is 63.2 Å². The highest BCUT2D eigenvalue weighted by Crippen LogP contribution is 2.27. The molecule has 0 spiro atoms. The normalized spacial score (nSPS) is 14.2. The zero-order chi connectivity index (χ0) is 21.4. The number of ether oxygens (including phenoxy) is 1. The summed E-state index contributed by atoms with van der Waals surface area (Å²) in [6.07, 6.45) is 8.45. The summed E-state index contributed by atoms with van der Waals surface area (Å²) in [5.41, 5.74) is 3.63. The summed E-state index contributed by atoms with van der Waals surface area (Å²) in [4.78, 5) is 33.2. The van der Waals surface area contributed by atoms with Gasteiger partial charge in [-0.05, 0) is 6.92 Å². The quantitative estimate of drug-likeness (QED) is 0.515. The van der Waals surface area contributed by atoms with Crippen molar-refractivity contribution in [1.29, 1.82) is 0 Å². The molecule has 1 saturated heterocycles. The molecule has 5 rings (SSSR count). The number of nitrogens with one attached hydrogen (secondary N) is 2. The molecule has 0 saturated carbocycles. The van der Waals surface area contributed by atoms with Crippen LogP contribution in [0.5, 0.6) is 5.75 Å². The van der Waals surface area contributed by atoms with E-state index in [0.717, 1.165) is 37.7 Å². The molecule has 1 aliphatic heterocycles. The average molecular weight is 418 g/mol. The van der Waals surface area contributed by atoms with E-state index in [1.54, 1.807) is 38.0 Å². The predicted octanol–water partition coefficient (Wildman–Crippen LogP) is 1.65. The number of nitrogens with zero attached hydrogens (tertiary/aromatic N) is 6. The standard InChI is InChI=1S/C21H22N8O2/c1-13-11-29-12-14(9-16(31-2)19(29)26-13)27-21(30)15-10-25-20(28-7-5-22-6-8-28)18-17(15)23-3-4-24-18/h3-4,9-12,22H,5-8H2,1-2H3,(H,27,30). The van der Waals surface area contributed by atoms with Crippen molar-refractivity contribution in [2.45, 2.75) is 6.92 Å². The summed E-state index contributed by atoms with van der Waals surface area (Å²) in [6, 6.07) is 1.75. The third kappa shape index (κ3) is 3.50. The van der Waals surface area contributed by atoms with E-state index in [-0.39, 0.29) is 5.91 Å². The van der Waals surface area contributed by atoms with Crippen LogP contribution in [0, 0.1) is 6.92 Å². The molecule has 5 heterocycles. The zero-order valence-corrected chi connectivity index (χ0v) is 17.3. The topological polar surface area (TPSA) is 110 Å². The molecule has 1 amide bonds. The van der Waals surface area contributed by atoms with Gasteiger partial charge < -0.3 is 24.7 Å². The fourth-order valence-electron chi connectivity index (χ4n) is 3.83. The van der Waals surface area contributed by atoms with Crippen LogP contribution < -0.4 is 20.3 Å². The van der Waals surface area contributed by atoms with Gasteiger partial charge >= 0.3 is 0 Å². The van der Waals surface area contributed by atoms with Gasteiger partial charge in [-0.15, -0.1) is 0 Å². The number of methoxy groups -OCH3 is 1. The monoisotopic (exact) mass is 418 g/mol. The lowest BCUT2D eigenvalue weighted by molar-refractivity contribution is 0.102. The molecule has 0 unspecified atom stereocenters. The summed E-state index contributed by atoms with van der Waals surface area (Å²) in [6.45, 7) is 5.32. The maximum Gasteiger partial charge on any atom is 0.259 e.